The number of hydrogen-bond acceptors (Lipinski definition) is 1. The fourth-order valence-electron chi connectivity index (χ4n) is 1.88. The maximum Gasteiger partial charge on any atom is 0.130 e. The van der Waals surface area contributed by atoms with Crippen LogP contribution < -0.4 is 4.74 Å². The second-order valence-electron chi connectivity index (χ2n) is 5.09. The van der Waals surface area contributed by atoms with E-state index in [9.17, 15) is 0 Å². The third-order valence-electron chi connectivity index (χ3n) is 3.11. The third-order valence-corrected chi connectivity index (χ3v) is 3.11. The first kappa shape index (κ1) is 12.7. The second-order valence-corrected chi connectivity index (χ2v) is 5.09. The molecule has 18 heavy (non-hydrogen) atoms. The van der Waals surface area contributed by atoms with Crippen LogP contribution in [-0.2, 0) is 0 Å². The van der Waals surface area contributed by atoms with Crippen molar-refractivity contribution >= 4 is 0 Å². The Bertz CT molecular complexity index is 524. The minimum atomic E-state index is 0.553. The molecule has 0 saturated carbocycles. The zero-order valence-electron chi connectivity index (χ0n) is 11.5. The first-order valence-corrected chi connectivity index (χ1v) is 6.41. The fourth-order valence-corrected chi connectivity index (χ4v) is 1.88. The van der Waals surface area contributed by atoms with Crippen molar-refractivity contribution < 1.29 is 4.74 Å². The van der Waals surface area contributed by atoms with Crippen molar-refractivity contribution in [1.29, 1.82) is 0 Å². The lowest BCUT2D eigenvalue weighted by atomic mass is 10.0. The third kappa shape index (κ3) is 2.92. The molecule has 1 nitrogen and oxygen atoms in total. The Hall–Kier alpha value is -1.76. The lowest BCUT2D eigenvalue weighted by Gasteiger charge is -2.12. The van der Waals surface area contributed by atoms with E-state index in [0.29, 0.717) is 5.92 Å². The van der Waals surface area contributed by atoms with E-state index < -0.39 is 0 Å². The molecule has 2 aromatic carbocycles. The van der Waals surface area contributed by atoms with Gasteiger partial charge < -0.3 is 4.74 Å². The minimum absolute atomic E-state index is 0.553. The molecular formula is C17H20O. The molecule has 0 aromatic heterocycles. The number of hydrogen-bond donors (Lipinski definition) is 0. The van der Waals surface area contributed by atoms with Crippen molar-refractivity contribution in [3.8, 4) is 11.5 Å². The van der Waals surface area contributed by atoms with E-state index in [-0.39, 0.29) is 0 Å². The van der Waals surface area contributed by atoms with Gasteiger partial charge in [-0.05, 0) is 49.1 Å². The molecule has 0 radical (unpaired) electrons. The summed E-state index contributed by atoms with van der Waals surface area (Å²) in [6, 6.07) is 14.5. The van der Waals surface area contributed by atoms with Crippen LogP contribution in [0, 0.1) is 13.8 Å². The summed E-state index contributed by atoms with van der Waals surface area (Å²) in [5, 5.41) is 0. The van der Waals surface area contributed by atoms with Crippen LogP contribution in [0.15, 0.2) is 42.5 Å². The normalized spacial score (nSPS) is 10.7. The molecule has 0 atom stereocenters. The van der Waals surface area contributed by atoms with Crippen molar-refractivity contribution in [3.63, 3.8) is 0 Å². The summed E-state index contributed by atoms with van der Waals surface area (Å²) in [5.41, 5.74) is 3.78. The van der Waals surface area contributed by atoms with E-state index >= 15 is 0 Å². The quantitative estimate of drug-likeness (QED) is 0.714. The highest BCUT2D eigenvalue weighted by atomic mass is 16.5. The SMILES string of the molecule is Cc1ccc(Oc2ccc(C(C)C)cc2C)cc1. The molecule has 2 aromatic rings. The van der Waals surface area contributed by atoms with Crippen molar-refractivity contribution in [2.75, 3.05) is 0 Å². The molecule has 2 rings (SSSR count). The smallest absolute Gasteiger partial charge is 0.130 e. The van der Waals surface area contributed by atoms with Crippen molar-refractivity contribution in [3.05, 3.63) is 59.2 Å². The Balaban J connectivity index is 2.22. The molecule has 0 aliphatic carbocycles. The molecule has 0 fully saturated rings. The molecule has 0 saturated heterocycles. The van der Waals surface area contributed by atoms with Crippen molar-refractivity contribution in [1.82, 2.24) is 0 Å². The van der Waals surface area contributed by atoms with Gasteiger partial charge in [-0.2, -0.15) is 0 Å². The zero-order valence-corrected chi connectivity index (χ0v) is 11.5. The average molecular weight is 240 g/mol. The predicted octanol–water partition coefficient (Wildman–Crippen LogP) is 5.22. The van der Waals surface area contributed by atoms with Crippen LogP contribution in [0.1, 0.15) is 36.5 Å². The van der Waals surface area contributed by atoms with E-state index in [0.717, 1.165) is 11.5 Å². The van der Waals surface area contributed by atoms with Gasteiger partial charge in [0, 0.05) is 0 Å². The molecule has 0 heterocycles. The monoisotopic (exact) mass is 240 g/mol. The van der Waals surface area contributed by atoms with Crippen molar-refractivity contribution in [2.24, 2.45) is 0 Å². The molecule has 0 bridgehead atoms. The molecule has 0 amide bonds. The topological polar surface area (TPSA) is 9.23 Å². The largest absolute Gasteiger partial charge is 0.457 e. The van der Waals surface area contributed by atoms with Crippen LogP contribution >= 0.6 is 0 Å². The van der Waals surface area contributed by atoms with Crippen LogP contribution in [0.4, 0.5) is 0 Å². The lowest BCUT2D eigenvalue weighted by molar-refractivity contribution is 0.478. The Morgan fingerprint density at radius 2 is 1.56 bits per heavy atom. The lowest BCUT2D eigenvalue weighted by Crippen LogP contribution is -1.92. The minimum Gasteiger partial charge on any atom is -0.457 e. The average Bonchev–Trinajstić information content (AvgIpc) is 2.34. The van der Waals surface area contributed by atoms with E-state index in [1.54, 1.807) is 0 Å². The summed E-state index contributed by atoms with van der Waals surface area (Å²) in [6.45, 7) is 8.58. The predicted molar refractivity (Wildman–Crippen MR) is 76.5 cm³/mol. The van der Waals surface area contributed by atoms with Crippen LogP contribution in [-0.4, -0.2) is 0 Å². The van der Waals surface area contributed by atoms with Gasteiger partial charge in [0.1, 0.15) is 11.5 Å². The van der Waals surface area contributed by atoms with Crippen LogP contribution in [0.5, 0.6) is 11.5 Å². The second kappa shape index (κ2) is 5.26. The Labute approximate surface area is 109 Å². The fraction of sp³-hybridized carbons (Fsp3) is 0.294. The standard InChI is InChI=1S/C17H20O/c1-12(2)15-7-10-17(14(4)11-15)18-16-8-5-13(3)6-9-16/h5-12H,1-4H3. The van der Waals surface area contributed by atoms with Crippen LogP contribution in [0.3, 0.4) is 0 Å². The van der Waals surface area contributed by atoms with Gasteiger partial charge in [-0.1, -0.05) is 43.7 Å². The number of ether oxygens (including phenoxy) is 1. The maximum absolute atomic E-state index is 5.90. The highest BCUT2D eigenvalue weighted by molar-refractivity contribution is 5.40. The molecule has 0 unspecified atom stereocenters. The Kier molecular flexibility index (Phi) is 3.71. The Morgan fingerprint density at radius 1 is 0.889 bits per heavy atom. The van der Waals surface area contributed by atoms with Gasteiger partial charge in [0.25, 0.3) is 0 Å². The first-order chi connectivity index (χ1) is 8.56. The van der Waals surface area contributed by atoms with Gasteiger partial charge >= 0.3 is 0 Å². The molecule has 1 heteroatoms. The van der Waals surface area contributed by atoms with Gasteiger partial charge in [-0.3, -0.25) is 0 Å². The van der Waals surface area contributed by atoms with Crippen LogP contribution in [0.25, 0.3) is 0 Å². The molecular weight excluding hydrogens is 220 g/mol. The van der Waals surface area contributed by atoms with E-state index in [4.69, 9.17) is 4.74 Å². The molecule has 0 aliphatic rings. The molecule has 0 aliphatic heterocycles. The molecule has 0 N–H and O–H groups in total. The molecule has 94 valence electrons. The van der Waals surface area contributed by atoms with Crippen LogP contribution in [0.2, 0.25) is 0 Å². The van der Waals surface area contributed by atoms with Gasteiger partial charge in [-0.25, -0.2) is 0 Å². The van der Waals surface area contributed by atoms with Gasteiger partial charge in [-0.15, -0.1) is 0 Å². The van der Waals surface area contributed by atoms with Gasteiger partial charge in [0.05, 0.1) is 0 Å². The first-order valence-electron chi connectivity index (χ1n) is 6.41. The van der Waals surface area contributed by atoms with E-state index in [2.05, 4.69) is 58.0 Å². The highest BCUT2D eigenvalue weighted by Gasteiger charge is 2.05. The number of benzene rings is 2. The zero-order chi connectivity index (χ0) is 13.1. The van der Waals surface area contributed by atoms with Gasteiger partial charge in [0.2, 0.25) is 0 Å². The number of aryl methyl sites for hydroxylation is 2. The maximum atomic E-state index is 5.90. The highest BCUT2D eigenvalue weighted by Crippen LogP contribution is 2.28. The van der Waals surface area contributed by atoms with E-state index in [1.807, 2.05) is 12.1 Å². The number of rotatable bonds is 3. The Morgan fingerprint density at radius 3 is 2.11 bits per heavy atom. The molecule has 0 spiro atoms. The summed E-state index contributed by atoms with van der Waals surface area (Å²) in [7, 11) is 0. The summed E-state index contributed by atoms with van der Waals surface area (Å²) in [4.78, 5) is 0. The summed E-state index contributed by atoms with van der Waals surface area (Å²) in [6.07, 6.45) is 0. The summed E-state index contributed by atoms with van der Waals surface area (Å²) < 4.78 is 5.90. The van der Waals surface area contributed by atoms with E-state index in [1.165, 1.54) is 16.7 Å². The summed E-state index contributed by atoms with van der Waals surface area (Å²) in [5.74, 6) is 2.38. The summed E-state index contributed by atoms with van der Waals surface area (Å²) >= 11 is 0. The van der Waals surface area contributed by atoms with Gasteiger partial charge in [0.15, 0.2) is 0 Å². The van der Waals surface area contributed by atoms with Crippen molar-refractivity contribution in [2.45, 2.75) is 33.6 Å².